The fraction of sp³-hybridized carbons (Fsp3) is 0.900. The second-order valence-electron chi connectivity index (χ2n) is 3.60. The zero-order valence-electron chi connectivity index (χ0n) is 9.49. The van der Waals surface area contributed by atoms with Crippen LogP contribution in [0.15, 0.2) is 0 Å². The van der Waals surface area contributed by atoms with Gasteiger partial charge in [-0.05, 0) is 12.8 Å². The summed E-state index contributed by atoms with van der Waals surface area (Å²) < 4.78 is 0. The third kappa shape index (κ3) is 7.30. The van der Waals surface area contributed by atoms with Crippen molar-refractivity contribution < 1.29 is 15.0 Å². The molecule has 0 radical (unpaired) electrons. The summed E-state index contributed by atoms with van der Waals surface area (Å²) in [6, 6.07) is 0.130. The molecule has 0 aromatic heterocycles. The Bertz CT molecular complexity index is 176. The van der Waals surface area contributed by atoms with E-state index >= 15 is 0 Å². The lowest BCUT2D eigenvalue weighted by atomic mass is 10.2. The lowest BCUT2D eigenvalue weighted by Gasteiger charge is -2.01. The monoisotopic (exact) mass is 218 g/mol. The minimum Gasteiger partial charge on any atom is -0.395 e. The zero-order chi connectivity index (χ0) is 11.7. The fourth-order valence-electron chi connectivity index (χ4n) is 1.29. The highest BCUT2D eigenvalue weighted by molar-refractivity contribution is 5.75. The molecular weight excluding hydrogens is 196 g/mol. The largest absolute Gasteiger partial charge is 0.395 e. The number of aliphatic hydroxyl groups excluding tert-OH is 2. The van der Waals surface area contributed by atoms with E-state index in [9.17, 15) is 4.79 Å². The highest BCUT2D eigenvalue weighted by Gasteiger charge is 2.20. The van der Waals surface area contributed by atoms with Crippen LogP contribution in [0.1, 0.15) is 26.2 Å². The number of carbonyl (C=O) groups excluding carboxylic acids is 1. The molecule has 0 aromatic carbocycles. The Morgan fingerprint density at radius 3 is 2.47 bits per heavy atom. The Morgan fingerprint density at radius 2 is 2.27 bits per heavy atom. The molecular formula is C10H22N2O3. The maximum atomic E-state index is 10.3. The number of hydrogen-bond acceptors (Lipinski definition) is 4. The third-order valence-electron chi connectivity index (χ3n) is 2.18. The SMILES string of the molecule is CCCC(=O)NC.OCC1CC(O)CN1. The number of nitrogens with one attached hydrogen (secondary N) is 2. The van der Waals surface area contributed by atoms with Crippen LogP contribution in [0.25, 0.3) is 0 Å². The van der Waals surface area contributed by atoms with Crippen LogP contribution in [0, 0.1) is 0 Å². The summed E-state index contributed by atoms with van der Waals surface area (Å²) in [6.45, 7) is 2.75. The van der Waals surface area contributed by atoms with E-state index in [1.54, 1.807) is 7.05 Å². The average molecular weight is 218 g/mol. The molecule has 1 saturated heterocycles. The smallest absolute Gasteiger partial charge is 0.219 e. The Hall–Kier alpha value is -0.650. The van der Waals surface area contributed by atoms with Gasteiger partial charge in [0.1, 0.15) is 0 Å². The van der Waals surface area contributed by atoms with Crippen molar-refractivity contribution in [2.24, 2.45) is 0 Å². The first-order valence-corrected chi connectivity index (χ1v) is 5.36. The molecule has 90 valence electrons. The van der Waals surface area contributed by atoms with Crippen LogP contribution in [-0.4, -0.2) is 48.5 Å². The van der Waals surface area contributed by atoms with E-state index in [1.807, 2.05) is 6.92 Å². The number of aliphatic hydroxyl groups is 2. The average Bonchev–Trinajstić information content (AvgIpc) is 2.65. The van der Waals surface area contributed by atoms with Crippen LogP contribution in [0.3, 0.4) is 0 Å². The van der Waals surface area contributed by atoms with Gasteiger partial charge in [0.05, 0.1) is 12.7 Å². The molecule has 0 aliphatic carbocycles. The Morgan fingerprint density at radius 1 is 1.60 bits per heavy atom. The second-order valence-corrected chi connectivity index (χ2v) is 3.60. The predicted octanol–water partition coefficient (Wildman–Crippen LogP) is -0.766. The zero-order valence-corrected chi connectivity index (χ0v) is 9.49. The first-order valence-electron chi connectivity index (χ1n) is 5.36. The van der Waals surface area contributed by atoms with Gasteiger partial charge >= 0.3 is 0 Å². The van der Waals surface area contributed by atoms with E-state index in [1.165, 1.54) is 0 Å². The van der Waals surface area contributed by atoms with Gasteiger partial charge in [0.2, 0.25) is 5.91 Å². The molecule has 0 bridgehead atoms. The summed E-state index contributed by atoms with van der Waals surface area (Å²) in [6.07, 6.45) is 2.03. The quantitative estimate of drug-likeness (QED) is 0.501. The van der Waals surface area contributed by atoms with Crippen molar-refractivity contribution in [1.82, 2.24) is 10.6 Å². The van der Waals surface area contributed by atoms with Gasteiger partial charge in [-0.3, -0.25) is 4.79 Å². The molecule has 1 aliphatic heterocycles. The van der Waals surface area contributed by atoms with Crippen LogP contribution >= 0.6 is 0 Å². The van der Waals surface area contributed by atoms with Crippen LogP contribution in [-0.2, 0) is 4.79 Å². The highest BCUT2D eigenvalue weighted by atomic mass is 16.3. The van der Waals surface area contributed by atoms with E-state index in [2.05, 4.69) is 10.6 Å². The molecule has 0 spiro atoms. The molecule has 5 heteroatoms. The van der Waals surface area contributed by atoms with E-state index < -0.39 is 0 Å². The van der Waals surface area contributed by atoms with Crippen LogP contribution < -0.4 is 10.6 Å². The van der Waals surface area contributed by atoms with Crippen molar-refractivity contribution in [3.05, 3.63) is 0 Å². The van der Waals surface area contributed by atoms with Gasteiger partial charge in [0.25, 0.3) is 0 Å². The van der Waals surface area contributed by atoms with Gasteiger partial charge in [-0.2, -0.15) is 0 Å². The van der Waals surface area contributed by atoms with Crippen molar-refractivity contribution >= 4 is 5.91 Å². The summed E-state index contributed by atoms with van der Waals surface area (Å²) >= 11 is 0. The number of rotatable bonds is 3. The third-order valence-corrected chi connectivity index (χ3v) is 2.18. The van der Waals surface area contributed by atoms with E-state index in [0.717, 1.165) is 6.42 Å². The lowest BCUT2D eigenvalue weighted by molar-refractivity contribution is -0.120. The maximum absolute atomic E-state index is 10.3. The number of β-amino-alcohol motifs (C(OH)–C–C–N with tert-alkyl or cyclic N) is 1. The highest BCUT2D eigenvalue weighted by Crippen LogP contribution is 2.03. The molecule has 2 atom stereocenters. The Balaban J connectivity index is 0.000000265. The van der Waals surface area contributed by atoms with Crippen molar-refractivity contribution in [2.75, 3.05) is 20.2 Å². The summed E-state index contributed by atoms with van der Waals surface area (Å²) in [5.41, 5.74) is 0. The number of amides is 1. The van der Waals surface area contributed by atoms with Gasteiger partial charge in [0, 0.05) is 26.1 Å². The first-order chi connectivity index (χ1) is 7.13. The molecule has 2 unspecified atom stereocenters. The fourth-order valence-corrected chi connectivity index (χ4v) is 1.29. The van der Waals surface area contributed by atoms with Crippen LogP contribution in [0.4, 0.5) is 0 Å². The molecule has 1 heterocycles. The lowest BCUT2D eigenvalue weighted by Crippen LogP contribution is -2.24. The molecule has 1 fully saturated rings. The topological polar surface area (TPSA) is 81.6 Å². The van der Waals surface area contributed by atoms with Crippen molar-refractivity contribution in [1.29, 1.82) is 0 Å². The Labute approximate surface area is 90.9 Å². The molecule has 0 saturated carbocycles. The van der Waals surface area contributed by atoms with Crippen molar-refractivity contribution in [2.45, 2.75) is 38.3 Å². The summed E-state index contributed by atoms with van der Waals surface area (Å²) in [7, 11) is 1.65. The normalized spacial score (nSPS) is 24.3. The molecule has 4 N–H and O–H groups in total. The van der Waals surface area contributed by atoms with E-state index in [0.29, 0.717) is 19.4 Å². The maximum Gasteiger partial charge on any atom is 0.219 e. The second kappa shape index (κ2) is 8.64. The minimum atomic E-state index is -0.243. The molecule has 5 nitrogen and oxygen atoms in total. The molecule has 1 rings (SSSR count). The van der Waals surface area contributed by atoms with Gasteiger partial charge in [-0.25, -0.2) is 0 Å². The minimum absolute atomic E-state index is 0.127. The van der Waals surface area contributed by atoms with Crippen LogP contribution in [0.2, 0.25) is 0 Å². The van der Waals surface area contributed by atoms with Crippen molar-refractivity contribution in [3.63, 3.8) is 0 Å². The number of hydrogen-bond donors (Lipinski definition) is 4. The van der Waals surface area contributed by atoms with Gasteiger partial charge in [-0.15, -0.1) is 0 Å². The first kappa shape index (κ1) is 14.3. The molecule has 0 aromatic rings. The van der Waals surface area contributed by atoms with E-state index in [4.69, 9.17) is 10.2 Å². The summed E-state index contributed by atoms with van der Waals surface area (Å²) in [5.74, 6) is 0.127. The Kier molecular flexibility index (Phi) is 8.27. The van der Waals surface area contributed by atoms with Gasteiger partial charge < -0.3 is 20.8 Å². The van der Waals surface area contributed by atoms with Gasteiger partial charge in [-0.1, -0.05) is 6.92 Å². The standard InChI is InChI=1S/C5H11NO2.C5H11NO/c7-3-4-1-5(8)2-6-4;1-3-4-5(7)6-2/h4-8H,1-3H2;3-4H2,1-2H3,(H,6,7). The van der Waals surface area contributed by atoms with Gasteiger partial charge in [0.15, 0.2) is 0 Å². The molecule has 1 amide bonds. The molecule has 15 heavy (non-hydrogen) atoms. The van der Waals surface area contributed by atoms with E-state index in [-0.39, 0.29) is 24.7 Å². The predicted molar refractivity (Wildman–Crippen MR) is 58.5 cm³/mol. The van der Waals surface area contributed by atoms with Crippen LogP contribution in [0.5, 0.6) is 0 Å². The number of carbonyl (C=O) groups is 1. The molecule has 1 aliphatic rings. The summed E-state index contributed by atoms with van der Waals surface area (Å²) in [4.78, 5) is 10.3. The summed E-state index contributed by atoms with van der Waals surface area (Å²) in [5, 5.41) is 22.9. The van der Waals surface area contributed by atoms with Crippen molar-refractivity contribution in [3.8, 4) is 0 Å².